The Bertz CT molecular complexity index is 1420. The Kier molecular flexibility index (Phi) is 5.10. The lowest BCUT2D eigenvalue weighted by Gasteiger charge is -2.25. The molecule has 1 atom stereocenters. The molecule has 0 radical (unpaired) electrons. The van der Waals surface area contributed by atoms with Crippen LogP contribution in [-0.2, 0) is 23.2 Å². The lowest BCUT2D eigenvalue weighted by atomic mass is 9.96. The Labute approximate surface area is 196 Å². The molecule has 1 aromatic carbocycles. The van der Waals surface area contributed by atoms with Crippen LogP contribution < -0.4 is 5.32 Å². The number of nitrogens with zero attached hydrogens (tertiary/aromatic N) is 4. The maximum Gasteiger partial charge on any atom is 0.256 e. The molecule has 0 saturated heterocycles. The third-order valence-electron chi connectivity index (χ3n) is 6.33. The minimum Gasteiger partial charge on any atom is -0.373 e. The van der Waals surface area contributed by atoms with Crippen molar-refractivity contribution >= 4 is 29.2 Å². The van der Waals surface area contributed by atoms with Gasteiger partial charge in [-0.15, -0.1) is 0 Å². The number of amides is 2. The first kappa shape index (κ1) is 21.7. The zero-order chi connectivity index (χ0) is 24.1. The molecule has 0 saturated carbocycles. The van der Waals surface area contributed by atoms with E-state index in [4.69, 9.17) is 4.74 Å². The molecule has 3 aromatic rings. The zero-order valence-electron chi connectivity index (χ0n) is 19.4. The summed E-state index contributed by atoms with van der Waals surface area (Å²) >= 11 is 0. The van der Waals surface area contributed by atoms with E-state index in [1.54, 1.807) is 34.8 Å². The van der Waals surface area contributed by atoms with Gasteiger partial charge in [0.15, 0.2) is 0 Å². The van der Waals surface area contributed by atoms with Gasteiger partial charge in [0.1, 0.15) is 6.07 Å². The predicted molar refractivity (Wildman–Crippen MR) is 127 cm³/mol. The number of carbonyl (C=O) groups is 2. The van der Waals surface area contributed by atoms with Crippen LogP contribution in [0.15, 0.2) is 24.4 Å². The second-order valence-corrected chi connectivity index (χ2v) is 8.79. The molecule has 2 amide bonds. The Morgan fingerprint density at radius 2 is 1.97 bits per heavy atom. The van der Waals surface area contributed by atoms with Crippen LogP contribution in [0.2, 0.25) is 0 Å². The number of H-pyrrole nitrogens is 1. The molecule has 4 heterocycles. The first-order valence-electron chi connectivity index (χ1n) is 11.0. The molecule has 2 N–H and O–H groups in total. The van der Waals surface area contributed by atoms with Crippen molar-refractivity contribution in [2.24, 2.45) is 7.05 Å². The van der Waals surface area contributed by atoms with E-state index in [2.05, 4.69) is 21.5 Å². The number of aromatic amines is 1. The number of hydrogen-bond acceptors (Lipinski definition) is 5. The van der Waals surface area contributed by atoms with Crippen molar-refractivity contribution < 1.29 is 14.3 Å². The van der Waals surface area contributed by atoms with E-state index in [9.17, 15) is 14.9 Å². The van der Waals surface area contributed by atoms with Crippen molar-refractivity contribution in [1.82, 2.24) is 19.7 Å². The average molecular weight is 457 g/mol. The number of hydrogen-bond donors (Lipinski definition) is 2. The SMILES string of the molecule is Cc1cc2c([nH]1)/C=C1/C(=O)Nc3c(C#N)cc(cc31)-c1cn(C)nc1COC[C@@H](C)N(C)C2=O. The third kappa shape index (κ3) is 3.49. The average Bonchev–Trinajstić information content (AvgIpc) is 3.46. The minimum absolute atomic E-state index is 0.175. The molecule has 0 fully saturated rings. The Balaban J connectivity index is 1.77. The molecular weight excluding hydrogens is 432 g/mol. The van der Waals surface area contributed by atoms with Crippen LogP contribution in [0.1, 0.15) is 45.5 Å². The summed E-state index contributed by atoms with van der Waals surface area (Å²) in [6.45, 7) is 4.36. The molecule has 9 heteroatoms. The normalized spacial score (nSPS) is 19.3. The van der Waals surface area contributed by atoms with Gasteiger partial charge >= 0.3 is 0 Å². The van der Waals surface area contributed by atoms with Gasteiger partial charge in [0.25, 0.3) is 11.8 Å². The fourth-order valence-electron chi connectivity index (χ4n) is 4.43. The summed E-state index contributed by atoms with van der Waals surface area (Å²) in [6.07, 6.45) is 3.56. The molecule has 9 nitrogen and oxygen atoms in total. The lowest BCUT2D eigenvalue weighted by molar-refractivity contribution is -0.110. The van der Waals surface area contributed by atoms with Crippen LogP contribution >= 0.6 is 0 Å². The van der Waals surface area contributed by atoms with Crippen LogP contribution in [0.5, 0.6) is 0 Å². The highest BCUT2D eigenvalue weighted by Crippen LogP contribution is 2.40. The number of aryl methyl sites for hydroxylation is 2. The Hall–Kier alpha value is -4.16. The van der Waals surface area contributed by atoms with Crippen molar-refractivity contribution in [2.45, 2.75) is 26.5 Å². The fraction of sp³-hybridized carbons (Fsp3) is 0.280. The molecule has 2 aliphatic rings. The number of nitrogens with one attached hydrogen (secondary N) is 2. The van der Waals surface area contributed by atoms with Crippen molar-refractivity contribution in [2.75, 3.05) is 19.0 Å². The summed E-state index contributed by atoms with van der Waals surface area (Å²) in [5.41, 5.74) is 5.94. The topological polar surface area (TPSA) is 116 Å². The van der Waals surface area contributed by atoms with E-state index >= 15 is 0 Å². The molecule has 0 spiro atoms. The van der Waals surface area contributed by atoms with E-state index < -0.39 is 0 Å². The van der Waals surface area contributed by atoms with Gasteiger partial charge in [-0.3, -0.25) is 14.3 Å². The highest BCUT2D eigenvalue weighted by Gasteiger charge is 2.30. The van der Waals surface area contributed by atoms with Gasteiger partial charge in [0, 0.05) is 37.1 Å². The molecule has 172 valence electrons. The smallest absolute Gasteiger partial charge is 0.256 e. The number of likely N-dealkylation sites (N-methyl/N-ethyl adjacent to an activating group) is 1. The molecule has 0 unspecified atom stereocenters. The number of fused-ring (bicyclic) bond motifs is 4. The maximum atomic E-state index is 13.3. The van der Waals surface area contributed by atoms with Crippen molar-refractivity contribution in [3.8, 4) is 17.2 Å². The van der Waals surface area contributed by atoms with Gasteiger partial charge in [-0.2, -0.15) is 10.4 Å². The largest absolute Gasteiger partial charge is 0.373 e. The summed E-state index contributed by atoms with van der Waals surface area (Å²) in [6, 6.07) is 7.43. The summed E-state index contributed by atoms with van der Waals surface area (Å²) in [5.74, 6) is -0.499. The van der Waals surface area contributed by atoms with Gasteiger partial charge in [-0.05, 0) is 43.7 Å². The van der Waals surface area contributed by atoms with Gasteiger partial charge in [0.05, 0.1) is 53.0 Å². The van der Waals surface area contributed by atoms with Crippen molar-refractivity contribution in [1.29, 1.82) is 5.26 Å². The molecule has 5 rings (SSSR count). The van der Waals surface area contributed by atoms with E-state index in [1.165, 1.54) is 0 Å². The lowest BCUT2D eigenvalue weighted by Crippen LogP contribution is -2.38. The van der Waals surface area contributed by atoms with Gasteiger partial charge in [-0.25, -0.2) is 0 Å². The van der Waals surface area contributed by atoms with Crippen LogP contribution in [-0.4, -0.2) is 51.2 Å². The van der Waals surface area contributed by atoms with Crippen molar-refractivity contribution in [3.63, 3.8) is 0 Å². The van der Waals surface area contributed by atoms with E-state index in [1.807, 2.05) is 33.2 Å². The number of carbonyl (C=O) groups excluding carboxylic acids is 2. The molecule has 34 heavy (non-hydrogen) atoms. The van der Waals surface area contributed by atoms with E-state index in [-0.39, 0.29) is 24.5 Å². The first-order valence-corrected chi connectivity index (χ1v) is 11.0. The standard InChI is InChI=1S/C25H24N6O3/c1-13-5-19-21(27-13)8-18-17-7-15(6-16(9-26)23(17)28-24(18)32)20-10-30(3)29-22(20)12-34-11-14(2)31(4)25(19)33/h5-8,10,14,27H,11-12H2,1-4H3,(H,28,32)/b18-8+/t14-/m1/s1. The number of anilines is 1. The van der Waals surface area contributed by atoms with Crippen LogP contribution in [0.4, 0.5) is 5.69 Å². The van der Waals surface area contributed by atoms with Crippen LogP contribution in [0.25, 0.3) is 22.8 Å². The summed E-state index contributed by atoms with van der Waals surface area (Å²) in [4.78, 5) is 31.2. The fourth-order valence-corrected chi connectivity index (χ4v) is 4.43. The number of ether oxygens (including phenoxy) is 1. The number of rotatable bonds is 0. The van der Waals surface area contributed by atoms with Gasteiger partial charge in [-0.1, -0.05) is 0 Å². The number of nitriles is 1. The van der Waals surface area contributed by atoms with E-state index in [0.717, 1.165) is 16.8 Å². The number of benzene rings is 1. The minimum atomic E-state index is -0.324. The second-order valence-electron chi connectivity index (χ2n) is 8.79. The van der Waals surface area contributed by atoms with Gasteiger partial charge in [0.2, 0.25) is 0 Å². The second kappa shape index (κ2) is 8.01. The maximum absolute atomic E-state index is 13.3. The van der Waals surface area contributed by atoms with Gasteiger partial charge < -0.3 is 19.9 Å². The zero-order valence-corrected chi connectivity index (χ0v) is 19.4. The third-order valence-corrected chi connectivity index (χ3v) is 6.33. The number of aromatic nitrogens is 3. The molecule has 0 aliphatic carbocycles. The monoisotopic (exact) mass is 456 g/mol. The first-order chi connectivity index (χ1) is 16.3. The molecule has 2 aliphatic heterocycles. The van der Waals surface area contributed by atoms with Crippen LogP contribution in [0.3, 0.4) is 0 Å². The molecule has 2 aromatic heterocycles. The van der Waals surface area contributed by atoms with Crippen molar-refractivity contribution in [3.05, 3.63) is 58.2 Å². The summed E-state index contributed by atoms with van der Waals surface area (Å²) < 4.78 is 7.65. The quantitative estimate of drug-likeness (QED) is 0.539. The Morgan fingerprint density at radius 3 is 2.74 bits per heavy atom. The highest BCUT2D eigenvalue weighted by molar-refractivity contribution is 6.35. The van der Waals surface area contributed by atoms with E-state index in [0.29, 0.717) is 45.9 Å². The summed E-state index contributed by atoms with van der Waals surface area (Å²) in [7, 11) is 3.56. The Morgan fingerprint density at radius 1 is 1.18 bits per heavy atom. The summed E-state index contributed by atoms with van der Waals surface area (Å²) in [5, 5.41) is 17.2. The van der Waals surface area contributed by atoms with Crippen LogP contribution in [0, 0.1) is 18.3 Å². The molecule has 2 bridgehead atoms. The molecular formula is C25H24N6O3. The predicted octanol–water partition coefficient (Wildman–Crippen LogP) is 3.08. The highest BCUT2D eigenvalue weighted by atomic mass is 16.5.